The van der Waals surface area contributed by atoms with Crippen molar-refractivity contribution >= 4 is 50.9 Å². The van der Waals surface area contributed by atoms with Crippen LogP contribution in [0.15, 0.2) is 58.2 Å². The fourth-order valence-corrected chi connectivity index (χ4v) is 3.90. The number of benzene rings is 2. The van der Waals surface area contributed by atoms with Gasteiger partial charge in [-0.3, -0.25) is 9.59 Å². The predicted molar refractivity (Wildman–Crippen MR) is 119 cm³/mol. The number of carbonyl (C=O) groups is 2. The molecule has 0 fully saturated rings. The number of halogens is 1. The van der Waals surface area contributed by atoms with Crippen molar-refractivity contribution in [1.82, 2.24) is 14.8 Å². The molecule has 0 saturated heterocycles. The maximum atomic E-state index is 12.3. The second-order valence-electron chi connectivity index (χ2n) is 6.13. The zero-order valence-electron chi connectivity index (χ0n) is 16.0. The molecule has 0 spiro atoms. The van der Waals surface area contributed by atoms with Crippen LogP contribution >= 0.6 is 27.7 Å². The van der Waals surface area contributed by atoms with Gasteiger partial charge in [-0.05, 0) is 47.1 Å². The summed E-state index contributed by atoms with van der Waals surface area (Å²) in [4.78, 5) is 23.6. The van der Waals surface area contributed by atoms with Crippen LogP contribution in [0.1, 0.15) is 13.8 Å². The van der Waals surface area contributed by atoms with E-state index in [1.54, 1.807) is 0 Å². The van der Waals surface area contributed by atoms with E-state index in [1.165, 1.54) is 18.7 Å². The Hall–Kier alpha value is -2.65. The summed E-state index contributed by atoms with van der Waals surface area (Å²) in [7, 11) is 0. The molecule has 0 aliphatic rings. The van der Waals surface area contributed by atoms with Crippen LogP contribution in [-0.4, -0.2) is 32.3 Å². The first-order valence-corrected chi connectivity index (χ1v) is 10.7. The molecular weight excluding hydrogens is 454 g/mol. The number of carbonyl (C=O) groups excluding carboxylic acids is 2. The van der Waals surface area contributed by atoms with Gasteiger partial charge < -0.3 is 15.2 Å². The summed E-state index contributed by atoms with van der Waals surface area (Å²) in [6.07, 6.45) is 0. The number of hydrogen-bond acceptors (Lipinski definition) is 5. The number of nitrogens with one attached hydrogen (secondary N) is 2. The van der Waals surface area contributed by atoms with Gasteiger partial charge in [-0.1, -0.05) is 36.0 Å². The first-order valence-electron chi connectivity index (χ1n) is 8.96. The summed E-state index contributed by atoms with van der Waals surface area (Å²) >= 11 is 4.75. The van der Waals surface area contributed by atoms with E-state index in [0.29, 0.717) is 23.2 Å². The van der Waals surface area contributed by atoms with E-state index in [4.69, 9.17) is 0 Å². The van der Waals surface area contributed by atoms with Crippen molar-refractivity contribution in [2.75, 3.05) is 16.4 Å². The third kappa shape index (κ3) is 5.45. The topological polar surface area (TPSA) is 88.9 Å². The van der Waals surface area contributed by atoms with Gasteiger partial charge >= 0.3 is 0 Å². The van der Waals surface area contributed by atoms with E-state index in [9.17, 15) is 9.59 Å². The molecule has 1 heterocycles. The van der Waals surface area contributed by atoms with Crippen LogP contribution in [0, 0.1) is 0 Å². The van der Waals surface area contributed by atoms with Gasteiger partial charge in [0.25, 0.3) is 0 Å². The second kappa shape index (κ2) is 9.71. The minimum atomic E-state index is -0.133. The fourth-order valence-electron chi connectivity index (χ4n) is 2.71. The third-order valence-electron chi connectivity index (χ3n) is 3.95. The van der Waals surface area contributed by atoms with Gasteiger partial charge in [0.1, 0.15) is 0 Å². The lowest BCUT2D eigenvalue weighted by atomic mass is 10.2. The van der Waals surface area contributed by atoms with Gasteiger partial charge in [-0.2, -0.15) is 0 Å². The van der Waals surface area contributed by atoms with Crippen molar-refractivity contribution in [2.24, 2.45) is 0 Å². The molecule has 7 nitrogen and oxygen atoms in total. The summed E-state index contributed by atoms with van der Waals surface area (Å²) < 4.78 is 2.78. The van der Waals surface area contributed by atoms with E-state index in [-0.39, 0.29) is 17.6 Å². The van der Waals surface area contributed by atoms with Gasteiger partial charge in [-0.15, -0.1) is 10.2 Å². The number of para-hydroxylation sites is 1. The summed E-state index contributed by atoms with van der Waals surface area (Å²) in [5.41, 5.74) is 2.27. The molecule has 29 heavy (non-hydrogen) atoms. The highest BCUT2D eigenvalue weighted by Crippen LogP contribution is 2.26. The number of aromatic nitrogens is 3. The van der Waals surface area contributed by atoms with Crippen molar-refractivity contribution in [2.45, 2.75) is 25.5 Å². The summed E-state index contributed by atoms with van der Waals surface area (Å²) in [5, 5.41) is 14.9. The number of thioether (sulfide) groups is 1. The molecule has 0 aliphatic heterocycles. The molecule has 0 atom stereocenters. The molecule has 150 valence electrons. The standard InChI is InChI=1S/C20H20BrN5O2S/c1-3-26-19(14-7-6-8-15(11-14)22-13(2)27)24-25-20(26)29-12-18(28)23-17-10-5-4-9-16(17)21/h4-11H,3,12H2,1-2H3,(H,22,27)(H,23,28). The minimum Gasteiger partial charge on any atom is -0.326 e. The Labute approximate surface area is 181 Å². The fraction of sp³-hybridized carbons (Fsp3) is 0.200. The highest BCUT2D eigenvalue weighted by molar-refractivity contribution is 9.10. The Morgan fingerprint density at radius 1 is 1.10 bits per heavy atom. The normalized spacial score (nSPS) is 10.6. The van der Waals surface area contributed by atoms with Crippen LogP contribution in [0.2, 0.25) is 0 Å². The first kappa shape index (κ1) is 21.1. The van der Waals surface area contributed by atoms with Crippen LogP contribution in [0.25, 0.3) is 11.4 Å². The molecule has 0 saturated carbocycles. The molecule has 0 aliphatic carbocycles. The number of rotatable bonds is 7. The van der Waals surface area contributed by atoms with Crippen molar-refractivity contribution in [3.63, 3.8) is 0 Å². The highest BCUT2D eigenvalue weighted by atomic mass is 79.9. The summed E-state index contributed by atoms with van der Waals surface area (Å²) in [5.74, 6) is 0.646. The monoisotopic (exact) mass is 473 g/mol. The number of anilines is 2. The molecule has 2 amide bonds. The Morgan fingerprint density at radius 2 is 1.90 bits per heavy atom. The lowest BCUT2D eigenvalue weighted by Crippen LogP contribution is -2.15. The van der Waals surface area contributed by atoms with E-state index in [1.807, 2.05) is 60.0 Å². The van der Waals surface area contributed by atoms with Crippen molar-refractivity contribution in [1.29, 1.82) is 0 Å². The number of amides is 2. The third-order valence-corrected chi connectivity index (χ3v) is 5.61. The molecule has 9 heteroatoms. The Balaban J connectivity index is 1.72. The zero-order chi connectivity index (χ0) is 20.8. The lowest BCUT2D eigenvalue weighted by molar-refractivity contribution is -0.114. The van der Waals surface area contributed by atoms with Gasteiger partial charge in [0.05, 0.1) is 11.4 Å². The Morgan fingerprint density at radius 3 is 2.62 bits per heavy atom. The van der Waals surface area contributed by atoms with Crippen LogP contribution in [0.5, 0.6) is 0 Å². The van der Waals surface area contributed by atoms with Gasteiger partial charge in [0, 0.05) is 29.2 Å². The van der Waals surface area contributed by atoms with Crippen LogP contribution in [0.3, 0.4) is 0 Å². The molecule has 0 unspecified atom stereocenters. The van der Waals surface area contributed by atoms with Crippen LogP contribution < -0.4 is 10.6 Å². The Kier molecular flexibility index (Phi) is 7.05. The number of hydrogen-bond donors (Lipinski definition) is 2. The molecular formula is C20H20BrN5O2S. The van der Waals surface area contributed by atoms with Gasteiger partial charge in [0.15, 0.2) is 11.0 Å². The molecule has 0 radical (unpaired) electrons. The Bertz CT molecular complexity index is 1040. The van der Waals surface area contributed by atoms with Crippen LogP contribution in [0.4, 0.5) is 11.4 Å². The van der Waals surface area contributed by atoms with Crippen molar-refractivity contribution in [3.8, 4) is 11.4 Å². The largest absolute Gasteiger partial charge is 0.326 e. The second-order valence-corrected chi connectivity index (χ2v) is 7.93. The maximum Gasteiger partial charge on any atom is 0.234 e. The summed E-state index contributed by atoms with van der Waals surface area (Å²) in [6.45, 7) is 4.12. The van der Waals surface area contributed by atoms with E-state index in [0.717, 1.165) is 15.7 Å². The highest BCUT2D eigenvalue weighted by Gasteiger charge is 2.15. The molecule has 3 aromatic rings. The average Bonchev–Trinajstić information content (AvgIpc) is 3.11. The van der Waals surface area contributed by atoms with Crippen LogP contribution in [-0.2, 0) is 16.1 Å². The summed E-state index contributed by atoms with van der Waals surface area (Å²) in [6, 6.07) is 14.9. The molecule has 2 N–H and O–H groups in total. The van der Waals surface area contributed by atoms with Crippen molar-refractivity contribution < 1.29 is 9.59 Å². The van der Waals surface area contributed by atoms with Gasteiger partial charge in [0.2, 0.25) is 11.8 Å². The smallest absolute Gasteiger partial charge is 0.234 e. The molecule has 1 aromatic heterocycles. The zero-order valence-corrected chi connectivity index (χ0v) is 18.4. The van der Waals surface area contributed by atoms with Gasteiger partial charge in [-0.25, -0.2) is 0 Å². The SMILES string of the molecule is CCn1c(SCC(=O)Nc2ccccc2Br)nnc1-c1cccc(NC(C)=O)c1. The van der Waals surface area contributed by atoms with E-state index >= 15 is 0 Å². The molecule has 0 bridgehead atoms. The van der Waals surface area contributed by atoms with E-state index < -0.39 is 0 Å². The predicted octanol–water partition coefficient (Wildman–Crippen LogP) is 4.42. The van der Waals surface area contributed by atoms with Crippen molar-refractivity contribution in [3.05, 3.63) is 53.0 Å². The molecule has 2 aromatic carbocycles. The quantitative estimate of drug-likeness (QED) is 0.495. The maximum absolute atomic E-state index is 12.3. The lowest BCUT2D eigenvalue weighted by Gasteiger charge is -2.09. The number of nitrogens with zero attached hydrogens (tertiary/aromatic N) is 3. The minimum absolute atomic E-state index is 0.123. The molecule has 3 rings (SSSR count). The average molecular weight is 474 g/mol. The van der Waals surface area contributed by atoms with E-state index in [2.05, 4.69) is 36.8 Å². The first-order chi connectivity index (χ1) is 14.0.